The highest BCUT2D eigenvalue weighted by atomic mass is 16.6. The van der Waals surface area contributed by atoms with E-state index in [-0.39, 0.29) is 117 Å². The molecule has 9 rings (SSSR count). The summed E-state index contributed by atoms with van der Waals surface area (Å²) >= 11 is 0. The Kier molecular flexibility index (Phi) is 36.8. The largest absolute Gasteiger partial charge is 0.493 e. The molecule has 642 valence electrons. The number of hydrogen-bond acceptors (Lipinski definition) is 23. The summed E-state index contributed by atoms with van der Waals surface area (Å²) in [5.41, 5.74) is 4.97. The highest BCUT2D eigenvalue weighted by Crippen LogP contribution is 2.41. The van der Waals surface area contributed by atoms with Crippen LogP contribution in [0.4, 0.5) is 33.2 Å². The van der Waals surface area contributed by atoms with E-state index in [0.29, 0.717) is 152 Å². The summed E-state index contributed by atoms with van der Waals surface area (Å²) in [6.45, 7) is 10.7. The van der Waals surface area contributed by atoms with Crippen molar-refractivity contribution in [2.75, 3.05) is 165 Å². The smallest absolute Gasteiger partial charge is 0.416 e. The van der Waals surface area contributed by atoms with Crippen LogP contribution in [-0.2, 0) is 96.9 Å². The third kappa shape index (κ3) is 28.7. The number of ether oxygens (including phenoxy) is 11. The first-order chi connectivity index (χ1) is 57.5. The third-order valence-electron chi connectivity index (χ3n) is 19.2. The van der Waals surface area contributed by atoms with Gasteiger partial charge in [-0.05, 0) is 104 Å². The maximum atomic E-state index is 14.4. The van der Waals surface area contributed by atoms with Gasteiger partial charge in [0.2, 0.25) is 29.5 Å². The van der Waals surface area contributed by atoms with E-state index in [1.165, 1.54) is 38.3 Å². The minimum Gasteiger partial charge on any atom is -0.493 e. The second-order valence-electron chi connectivity index (χ2n) is 28.3. The lowest BCUT2D eigenvalue weighted by molar-refractivity contribution is -0.137. The van der Waals surface area contributed by atoms with Crippen molar-refractivity contribution in [3.8, 4) is 22.6 Å². The predicted octanol–water partition coefficient (Wildman–Crippen LogP) is 6.35. The first-order valence-corrected chi connectivity index (χ1v) is 39.7. The van der Waals surface area contributed by atoms with Crippen molar-refractivity contribution in [3.63, 3.8) is 0 Å². The van der Waals surface area contributed by atoms with Gasteiger partial charge in [-0.25, -0.2) is 9.69 Å². The minimum atomic E-state index is -1.53. The van der Waals surface area contributed by atoms with Crippen LogP contribution in [0.5, 0.6) is 11.5 Å². The van der Waals surface area contributed by atoms with Crippen molar-refractivity contribution in [3.05, 3.63) is 150 Å². The summed E-state index contributed by atoms with van der Waals surface area (Å²) in [4.78, 5) is 147. The lowest BCUT2D eigenvalue weighted by Crippen LogP contribution is -2.55. The first-order valence-electron chi connectivity index (χ1n) is 39.7. The van der Waals surface area contributed by atoms with Crippen LogP contribution in [0, 0.1) is 5.92 Å². The minimum absolute atomic E-state index is 0.00219. The van der Waals surface area contributed by atoms with Crippen LogP contribution in [0.3, 0.4) is 0 Å². The topological polar surface area (TPSA) is 413 Å². The Morgan fingerprint density at radius 1 is 0.521 bits per heavy atom. The van der Waals surface area contributed by atoms with Gasteiger partial charge in [0.05, 0.1) is 142 Å². The van der Waals surface area contributed by atoms with Gasteiger partial charge >= 0.3 is 6.09 Å². The number of nitrogens with one attached hydrogen (secondary N) is 7. The Bertz CT molecular complexity index is 4380. The van der Waals surface area contributed by atoms with E-state index in [1.807, 2.05) is 48.7 Å². The number of aryl methyl sites for hydroxylation is 2. The number of imide groups is 1. The molecule has 8 N–H and O–H groups in total. The Hall–Kier alpha value is -11.4. The molecule has 0 bridgehead atoms. The molecule has 3 aliphatic heterocycles. The lowest BCUT2D eigenvalue weighted by Gasteiger charge is -2.38. The number of anilines is 5. The van der Waals surface area contributed by atoms with E-state index in [4.69, 9.17) is 52.1 Å². The summed E-state index contributed by atoms with van der Waals surface area (Å²) in [5.74, 6) is -4.14. The van der Waals surface area contributed by atoms with E-state index in [1.54, 1.807) is 96.7 Å². The van der Waals surface area contributed by atoms with E-state index in [9.17, 15) is 57.8 Å². The highest BCUT2D eigenvalue weighted by Gasteiger charge is 2.45. The number of rotatable bonds is 50. The molecule has 4 aromatic carbocycles. The number of nitrogens with zero attached hydrogens (tertiary/aromatic N) is 5. The number of para-hydroxylation sites is 1. The fourth-order valence-corrected chi connectivity index (χ4v) is 12.8. The summed E-state index contributed by atoms with van der Waals surface area (Å²) in [6.07, 6.45) is 5.33. The molecule has 6 aromatic rings. The molecular weight excluding hydrogens is 1540 g/mol. The van der Waals surface area contributed by atoms with Crippen LogP contribution in [0.2, 0.25) is 0 Å². The van der Waals surface area contributed by atoms with Crippen molar-refractivity contribution in [1.29, 1.82) is 0 Å². The molecule has 0 spiro atoms. The average molecular weight is 1650 g/mol. The number of methoxy groups -OCH3 is 1. The van der Waals surface area contributed by atoms with Gasteiger partial charge in [-0.15, -0.1) is 0 Å². The summed E-state index contributed by atoms with van der Waals surface area (Å²) < 4.78 is 65.1. The SMILES string of the molecule is COc1cc2c(cc1OCCCC(=O)Nc1cc(C(=O)Nc3ccc(-c4cc(C(=O)Nc5ccccc5)n(C)c4)cc3)n(C)c1)N(C(=O)OCc1ccc(NC(=O)[C@H](C)NC(=O)[C@@H](NC(=O)CCOCCOCCOCCOCCOCCOCCOCCOCCNC(=O)CCN3C(=O)C=CC3=O)C(C)C)cc1)[C@@H](O)[C@@H]1CCCCN1C2=O. The van der Waals surface area contributed by atoms with Crippen LogP contribution in [0.25, 0.3) is 11.1 Å². The Morgan fingerprint density at radius 2 is 1.08 bits per heavy atom. The number of carbonyl (C=O) groups excluding carboxylic acids is 11. The molecule has 11 amide bonds. The second kappa shape index (κ2) is 47.9. The van der Waals surface area contributed by atoms with Gasteiger partial charge in [-0.3, -0.25) is 52.8 Å². The Morgan fingerprint density at radius 3 is 1.67 bits per heavy atom. The number of piperidine rings is 1. The van der Waals surface area contributed by atoms with Crippen LogP contribution >= 0.6 is 0 Å². The number of fused-ring (bicyclic) bond motifs is 2. The van der Waals surface area contributed by atoms with Gasteiger partial charge in [-0.1, -0.05) is 56.3 Å². The van der Waals surface area contributed by atoms with Crippen molar-refractivity contribution in [1.82, 2.24) is 34.9 Å². The second-order valence-corrected chi connectivity index (χ2v) is 28.3. The van der Waals surface area contributed by atoms with Crippen molar-refractivity contribution < 1.29 is 110 Å². The summed E-state index contributed by atoms with van der Waals surface area (Å²) in [6, 6.07) is 26.3. The molecular formula is C84H108N12O23. The molecule has 3 aliphatic rings. The van der Waals surface area contributed by atoms with Gasteiger partial charge in [0, 0.05) is 106 Å². The zero-order valence-corrected chi connectivity index (χ0v) is 68.0. The van der Waals surface area contributed by atoms with Crippen molar-refractivity contribution >= 4 is 93.6 Å². The molecule has 5 heterocycles. The third-order valence-corrected chi connectivity index (χ3v) is 19.2. The van der Waals surface area contributed by atoms with Crippen LogP contribution in [0.15, 0.2) is 128 Å². The Labute approximate surface area is 690 Å². The van der Waals surface area contributed by atoms with E-state index < -0.39 is 71.8 Å². The van der Waals surface area contributed by atoms with Crippen LogP contribution in [0.1, 0.15) is 103 Å². The Balaban J connectivity index is 0.613. The summed E-state index contributed by atoms with van der Waals surface area (Å²) in [7, 11) is 4.88. The maximum absolute atomic E-state index is 14.4. The van der Waals surface area contributed by atoms with Gasteiger partial charge in [0.25, 0.3) is 29.5 Å². The number of benzene rings is 4. The first kappa shape index (κ1) is 91.5. The molecule has 4 atom stereocenters. The molecule has 2 aromatic heterocycles. The van der Waals surface area contributed by atoms with Crippen LogP contribution < -0.4 is 51.6 Å². The average Bonchev–Trinajstić information content (AvgIpc) is 1.69. The molecule has 0 aliphatic carbocycles. The van der Waals surface area contributed by atoms with Gasteiger partial charge in [0.15, 0.2) is 17.7 Å². The molecule has 0 radical (unpaired) electrons. The number of amides is 11. The molecule has 1 fully saturated rings. The number of aromatic nitrogens is 2. The van der Waals surface area contributed by atoms with Crippen molar-refractivity contribution in [2.24, 2.45) is 20.0 Å². The van der Waals surface area contributed by atoms with E-state index in [0.717, 1.165) is 20.9 Å². The zero-order chi connectivity index (χ0) is 85.0. The zero-order valence-electron chi connectivity index (χ0n) is 68.0. The maximum Gasteiger partial charge on any atom is 0.416 e. The molecule has 119 heavy (non-hydrogen) atoms. The monoisotopic (exact) mass is 1650 g/mol. The molecule has 0 unspecified atom stereocenters. The van der Waals surface area contributed by atoms with Crippen LogP contribution in [-0.4, -0.2) is 253 Å². The fraction of sp³-hybridized carbons (Fsp3) is 0.464. The molecule has 35 heteroatoms. The van der Waals surface area contributed by atoms with Gasteiger partial charge in [0.1, 0.15) is 30.1 Å². The predicted molar refractivity (Wildman–Crippen MR) is 436 cm³/mol. The van der Waals surface area contributed by atoms with E-state index >= 15 is 0 Å². The number of aliphatic hydroxyl groups is 1. The van der Waals surface area contributed by atoms with Crippen molar-refractivity contribution in [2.45, 2.75) is 96.7 Å². The number of hydrogen-bond donors (Lipinski definition) is 8. The fourth-order valence-electron chi connectivity index (χ4n) is 12.8. The lowest BCUT2D eigenvalue weighted by atomic mass is 10.0. The standard InChI is InChI=1S/C84H108N12O23/c1-56(2)77(91-74(99)28-33-110-35-37-112-39-41-114-43-45-116-47-48-117-46-44-115-42-40-113-38-36-111-34-29-85-72(97)27-31-95-75(100)25-26-76(95)101)81(105)86-57(3)78(102)88-62-21-17-58(18-22-62)55-119-84(108)96-67-52-71(70(109-6)51-65(67)82(106)94-30-11-10-15-66(94)83(96)107)118-32-12-16-73(98)87-64-50-69(93(5)54-64)80(104)90-63-23-19-59(20-24-63)60-49-68(92(4)53-60)79(103)89-61-13-8-7-9-14-61/h7-9,13-14,17-26,49-54,56-57,66,77,83,107H,10-12,15-16,27-48,55H2,1-6H3,(H,85,97)(H,86,105)(H,87,98)(H,88,102)(H,89,103)(H,90,104)(H,91,99)/t57-,66-,77-,83-/m0/s1. The van der Waals surface area contributed by atoms with Gasteiger partial charge < -0.3 is 108 Å². The number of aliphatic hydroxyl groups excluding tert-OH is 1. The summed E-state index contributed by atoms with van der Waals surface area (Å²) in [5, 5.41) is 31.5. The van der Waals surface area contributed by atoms with Gasteiger partial charge in [-0.2, -0.15) is 0 Å². The molecule has 1 saturated heterocycles. The normalized spacial score (nSPS) is 14.9. The molecule has 35 nitrogen and oxygen atoms in total. The number of carbonyl (C=O) groups is 11. The highest BCUT2D eigenvalue weighted by molar-refractivity contribution is 6.13. The molecule has 0 saturated carbocycles. The van der Waals surface area contributed by atoms with E-state index in [2.05, 4.69) is 37.2 Å². The quantitative estimate of drug-likeness (QED) is 0.0152.